The fourth-order valence-corrected chi connectivity index (χ4v) is 3.11. The number of carboxylic acids is 1. The molecule has 1 saturated carbocycles. The molecule has 2 fully saturated rings. The van der Waals surface area contributed by atoms with E-state index < -0.39 is 17.4 Å². The van der Waals surface area contributed by atoms with Gasteiger partial charge in [0.15, 0.2) is 5.54 Å². The minimum Gasteiger partial charge on any atom is -0.479 e. The molecule has 1 aromatic rings. The van der Waals surface area contributed by atoms with Crippen molar-refractivity contribution in [2.45, 2.75) is 31.7 Å². The Bertz CT molecular complexity index is 656. The molecule has 0 spiro atoms. The van der Waals surface area contributed by atoms with E-state index in [0.717, 1.165) is 19.4 Å². The third kappa shape index (κ3) is 3.27. The predicted octanol–water partition coefficient (Wildman–Crippen LogP) is 1.36. The zero-order chi connectivity index (χ0) is 17.3. The molecule has 6 nitrogen and oxygen atoms in total. The summed E-state index contributed by atoms with van der Waals surface area (Å²) in [6.45, 7) is 2.57. The molecule has 1 aromatic carbocycles. The highest BCUT2D eigenvalue weighted by Gasteiger charge is 2.42. The second kappa shape index (κ2) is 6.26. The summed E-state index contributed by atoms with van der Waals surface area (Å²) in [6.07, 6.45) is 2.44. The number of aliphatic carboxylic acids is 1. The van der Waals surface area contributed by atoms with Crippen LogP contribution in [0.5, 0.6) is 0 Å². The molecule has 128 valence electrons. The molecule has 0 aromatic heterocycles. The van der Waals surface area contributed by atoms with Gasteiger partial charge in [-0.3, -0.25) is 9.59 Å². The lowest BCUT2D eigenvalue weighted by Crippen LogP contribution is -2.51. The molecular weight excluding hydrogens is 308 g/mol. The lowest BCUT2D eigenvalue weighted by atomic mass is 9.91. The van der Waals surface area contributed by atoms with Crippen LogP contribution in [0, 0.1) is 11.8 Å². The van der Waals surface area contributed by atoms with Gasteiger partial charge in [-0.25, -0.2) is 4.79 Å². The average molecular weight is 330 g/mol. The Hall–Kier alpha value is -2.37. The molecule has 3 rings (SSSR count). The molecule has 2 amide bonds. The predicted molar refractivity (Wildman–Crippen MR) is 87.0 cm³/mol. The number of amides is 2. The third-order valence-electron chi connectivity index (χ3n) is 4.91. The van der Waals surface area contributed by atoms with Crippen molar-refractivity contribution in [3.63, 3.8) is 0 Å². The van der Waals surface area contributed by atoms with Crippen LogP contribution in [0.25, 0.3) is 0 Å². The number of likely N-dealkylation sites (tertiary alicyclic amines) is 1. The van der Waals surface area contributed by atoms with E-state index in [2.05, 4.69) is 5.32 Å². The van der Waals surface area contributed by atoms with E-state index in [1.165, 1.54) is 6.92 Å². The molecule has 1 aliphatic heterocycles. The summed E-state index contributed by atoms with van der Waals surface area (Å²) in [5.74, 6) is -1.43. The van der Waals surface area contributed by atoms with Gasteiger partial charge in [0.1, 0.15) is 0 Å². The van der Waals surface area contributed by atoms with Crippen LogP contribution in [0.1, 0.15) is 31.7 Å². The van der Waals surface area contributed by atoms with E-state index in [9.17, 15) is 19.5 Å². The summed E-state index contributed by atoms with van der Waals surface area (Å²) in [4.78, 5) is 38.1. The Balaban J connectivity index is 1.70. The van der Waals surface area contributed by atoms with E-state index >= 15 is 0 Å². The maximum Gasteiger partial charge on any atom is 0.333 e. The molecule has 2 aliphatic rings. The molecule has 1 aliphatic carbocycles. The first-order valence-corrected chi connectivity index (χ1v) is 8.29. The average Bonchev–Trinajstić information content (AvgIpc) is 3.30. The van der Waals surface area contributed by atoms with Crippen LogP contribution < -0.4 is 5.32 Å². The van der Waals surface area contributed by atoms with Gasteiger partial charge in [-0.05, 0) is 31.2 Å². The maximum atomic E-state index is 12.6. The SMILES string of the molecule is CC(NC(=O)C1CC(=O)N(CC2CC2)C1)(C(=O)O)c1ccccc1. The number of carbonyl (C=O) groups is 3. The molecule has 2 atom stereocenters. The van der Waals surface area contributed by atoms with Crippen LogP contribution in [0.15, 0.2) is 30.3 Å². The number of hydrogen-bond donors (Lipinski definition) is 2. The number of carbonyl (C=O) groups excluding carboxylic acids is 2. The summed E-state index contributed by atoms with van der Waals surface area (Å²) in [7, 11) is 0. The van der Waals surface area contributed by atoms with E-state index in [-0.39, 0.29) is 18.2 Å². The fourth-order valence-electron chi connectivity index (χ4n) is 3.11. The molecule has 2 unspecified atom stereocenters. The number of hydrogen-bond acceptors (Lipinski definition) is 3. The molecule has 1 heterocycles. The van der Waals surface area contributed by atoms with Gasteiger partial charge >= 0.3 is 5.97 Å². The number of benzene rings is 1. The van der Waals surface area contributed by atoms with Crippen LogP contribution >= 0.6 is 0 Å². The highest BCUT2D eigenvalue weighted by atomic mass is 16.4. The topological polar surface area (TPSA) is 86.7 Å². The van der Waals surface area contributed by atoms with Gasteiger partial charge in [0.25, 0.3) is 0 Å². The number of nitrogens with one attached hydrogen (secondary N) is 1. The van der Waals surface area contributed by atoms with Crippen LogP contribution in [0.3, 0.4) is 0 Å². The van der Waals surface area contributed by atoms with Gasteiger partial charge < -0.3 is 15.3 Å². The van der Waals surface area contributed by atoms with Crippen molar-refractivity contribution in [1.29, 1.82) is 0 Å². The lowest BCUT2D eigenvalue weighted by molar-refractivity contribution is -0.148. The van der Waals surface area contributed by atoms with Crippen molar-refractivity contribution in [3.05, 3.63) is 35.9 Å². The molecule has 1 saturated heterocycles. The summed E-state index contributed by atoms with van der Waals surface area (Å²) in [5, 5.41) is 12.3. The molecule has 0 radical (unpaired) electrons. The fraction of sp³-hybridized carbons (Fsp3) is 0.500. The van der Waals surface area contributed by atoms with Crippen LogP contribution in [-0.2, 0) is 19.9 Å². The first-order valence-electron chi connectivity index (χ1n) is 8.29. The Labute approximate surface area is 140 Å². The Morgan fingerprint density at radius 2 is 1.96 bits per heavy atom. The van der Waals surface area contributed by atoms with Crippen molar-refractivity contribution in [2.75, 3.05) is 13.1 Å². The first kappa shape index (κ1) is 16.5. The molecule has 24 heavy (non-hydrogen) atoms. The monoisotopic (exact) mass is 330 g/mol. The zero-order valence-corrected chi connectivity index (χ0v) is 13.7. The van der Waals surface area contributed by atoms with Crippen LogP contribution in [-0.4, -0.2) is 40.9 Å². The Kier molecular flexibility index (Phi) is 4.30. The van der Waals surface area contributed by atoms with Crippen molar-refractivity contribution in [1.82, 2.24) is 10.2 Å². The maximum absolute atomic E-state index is 12.6. The van der Waals surface area contributed by atoms with Gasteiger partial charge in [-0.15, -0.1) is 0 Å². The molecule has 6 heteroatoms. The van der Waals surface area contributed by atoms with Gasteiger partial charge in [0.05, 0.1) is 5.92 Å². The molecular formula is C18H22N2O4. The first-order chi connectivity index (χ1) is 11.4. The number of nitrogens with zero attached hydrogens (tertiary/aromatic N) is 1. The van der Waals surface area contributed by atoms with E-state index in [4.69, 9.17) is 0 Å². The lowest BCUT2D eigenvalue weighted by Gasteiger charge is -2.28. The van der Waals surface area contributed by atoms with Crippen molar-refractivity contribution >= 4 is 17.8 Å². The minimum absolute atomic E-state index is 0.0150. The highest BCUT2D eigenvalue weighted by Crippen LogP contribution is 2.32. The Morgan fingerprint density at radius 3 is 2.54 bits per heavy atom. The number of carboxylic acid groups (broad SMARTS) is 1. The second-order valence-corrected chi connectivity index (χ2v) is 6.93. The van der Waals surface area contributed by atoms with Crippen LogP contribution in [0.4, 0.5) is 0 Å². The summed E-state index contributed by atoms with van der Waals surface area (Å²) in [5.41, 5.74) is -1.00. The van der Waals surface area contributed by atoms with E-state index in [1.54, 1.807) is 35.2 Å². The second-order valence-electron chi connectivity index (χ2n) is 6.93. The standard InChI is InChI=1S/C18H22N2O4/c1-18(17(23)24,14-5-3-2-4-6-14)19-16(22)13-9-15(21)20(11-13)10-12-7-8-12/h2-6,12-13H,7-11H2,1H3,(H,19,22)(H,23,24). The number of rotatable bonds is 6. The smallest absolute Gasteiger partial charge is 0.333 e. The third-order valence-corrected chi connectivity index (χ3v) is 4.91. The zero-order valence-electron chi connectivity index (χ0n) is 13.7. The largest absolute Gasteiger partial charge is 0.479 e. The van der Waals surface area contributed by atoms with Gasteiger partial charge in [0, 0.05) is 19.5 Å². The summed E-state index contributed by atoms with van der Waals surface area (Å²) >= 11 is 0. The quantitative estimate of drug-likeness (QED) is 0.824. The van der Waals surface area contributed by atoms with Crippen molar-refractivity contribution < 1.29 is 19.5 Å². The Morgan fingerprint density at radius 1 is 1.29 bits per heavy atom. The summed E-state index contributed by atoms with van der Waals surface area (Å²) in [6, 6.07) is 8.61. The van der Waals surface area contributed by atoms with Gasteiger partial charge in [0.2, 0.25) is 11.8 Å². The minimum atomic E-state index is -1.51. The normalized spacial score (nSPS) is 23.0. The molecule has 2 N–H and O–H groups in total. The van der Waals surface area contributed by atoms with E-state index in [0.29, 0.717) is 18.0 Å². The van der Waals surface area contributed by atoms with Crippen molar-refractivity contribution in [2.24, 2.45) is 11.8 Å². The van der Waals surface area contributed by atoms with Crippen molar-refractivity contribution in [3.8, 4) is 0 Å². The van der Waals surface area contributed by atoms with E-state index in [1.807, 2.05) is 0 Å². The molecule has 0 bridgehead atoms. The van der Waals surface area contributed by atoms with Gasteiger partial charge in [-0.2, -0.15) is 0 Å². The van der Waals surface area contributed by atoms with Gasteiger partial charge in [-0.1, -0.05) is 30.3 Å². The highest BCUT2D eigenvalue weighted by molar-refractivity contribution is 5.93. The summed E-state index contributed by atoms with van der Waals surface area (Å²) < 4.78 is 0. The van der Waals surface area contributed by atoms with Crippen LogP contribution in [0.2, 0.25) is 0 Å².